The number of nitrogens with one attached hydrogen (secondary N) is 1. The zero-order valence-corrected chi connectivity index (χ0v) is 11.8. The summed E-state index contributed by atoms with van der Waals surface area (Å²) in [5, 5.41) is 11.8. The van der Waals surface area contributed by atoms with E-state index in [9.17, 15) is 4.79 Å². The number of ether oxygens (including phenoxy) is 1. The zero-order chi connectivity index (χ0) is 13.2. The SMILES string of the molecule is CCSc1nnc(NC2OC(=O)c3ccccc32)s1. The number of rotatable bonds is 4. The maximum Gasteiger partial charge on any atom is 0.340 e. The van der Waals surface area contributed by atoms with E-state index >= 15 is 0 Å². The van der Waals surface area contributed by atoms with Gasteiger partial charge in [-0.25, -0.2) is 4.79 Å². The quantitative estimate of drug-likeness (QED) is 0.690. The molecular formula is C12H11N3O2S2. The van der Waals surface area contributed by atoms with E-state index in [0.717, 1.165) is 15.7 Å². The first kappa shape index (κ1) is 12.4. The Balaban J connectivity index is 1.79. The molecule has 0 saturated carbocycles. The largest absolute Gasteiger partial charge is 0.434 e. The van der Waals surface area contributed by atoms with Crippen LogP contribution in [0.25, 0.3) is 0 Å². The van der Waals surface area contributed by atoms with Gasteiger partial charge in [-0.15, -0.1) is 10.2 Å². The smallest absolute Gasteiger partial charge is 0.340 e. The highest BCUT2D eigenvalue weighted by Crippen LogP contribution is 2.33. The summed E-state index contributed by atoms with van der Waals surface area (Å²) in [6.07, 6.45) is -0.476. The average molecular weight is 293 g/mol. The van der Waals surface area contributed by atoms with Crippen LogP contribution in [0.1, 0.15) is 29.1 Å². The minimum absolute atomic E-state index is 0.305. The van der Waals surface area contributed by atoms with Gasteiger partial charge in [0.15, 0.2) is 4.34 Å². The van der Waals surface area contributed by atoms with Gasteiger partial charge in [-0.1, -0.05) is 48.2 Å². The summed E-state index contributed by atoms with van der Waals surface area (Å²) in [5.74, 6) is 0.649. The molecule has 1 atom stereocenters. The molecule has 0 saturated heterocycles. The van der Waals surface area contributed by atoms with Crippen molar-refractivity contribution in [1.29, 1.82) is 0 Å². The fourth-order valence-corrected chi connectivity index (χ4v) is 3.48. The Bertz CT molecular complexity index is 615. The fourth-order valence-electron chi connectivity index (χ4n) is 1.81. The van der Waals surface area contributed by atoms with Crippen molar-refractivity contribution in [2.75, 3.05) is 11.1 Å². The number of carbonyl (C=O) groups excluding carboxylic acids is 1. The first-order valence-corrected chi connectivity index (χ1v) is 7.61. The predicted molar refractivity (Wildman–Crippen MR) is 74.5 cm³/mol. The number of fused-ring (bicyclic) bond motifs is 1. The maximum absolute atomic E-state index is 11.7. The Morgan fingerprint density at radius 2 is 2.26 bits per heavy atom. The molecule has 0 fully saturated rings. The molecule has 1 unspecified atom stereocenters. The number of cyclic esters (lactones) is 1. The molecule has 2 heterocycles. The molecular weight excluding hydrogens is 282 g/mol. The number of aromatic nitrogens is 2. The molecule has 1 N–H and O–H groups in total. The number of anilines is 1. The van der Waals surface area contributed by atoms with Crippen molar-refractivity contribution >= 4 is 34.2 Å². The third-order valence-electron chi connectivity index (χ3n) is 2.62. The Morgan fingerprint density at radius 1 is 1.42 bits per heavy atom. The fraction of sp³-hybridized carbons (Fsp3) is 0.250. The third kappa shape index (κ3) is 2.43. The van der Waals surface area contributed by atoms with Crippen LogP contribution in [0.2, 0.25) is 0 Å². The molecule has 1 aromatic heterocycles. The van der Waals surface area contributed by atoms with E-state index in [1.807, 2.05) is 18.2 Å². The highest BCUT2D eigenvalue weighted by Gasteiger charge is 2.31. The lowest BCUT2D eigenvalue weighted by Crippen LogP contribution is -2.09. The lowest BCUT2D eigenvalue weighted by molar-refractivity contribution is 0.0437. The van der Waals surface area contributed by atoms with Gasteiger partial charge in [0.1, 0.15) is 0 Å². The van der Waals surface area contributed by atoms with Gasteiger partial charge in [0.2, 0.25) is 11.4 Å². The van der Waals surface area contributed by atoms with Crippen LogP contribution < -0.4 is 5.32 Å². The van der Waals surface area contributed by atoms with Gasteiger partial charge < -0.3 is 10.1 Å². The standard InChI is InChI=1S/C12H11N3O2S2/c1-2-18-12-15-14-11(19-12)13-9-7-5-3-4-6-8(7)10(16)17-9/h3-6,9H,2H2,1H3,(H,13,14). The van der Waals surface area contributed by atoms with E-state index in [1.165, 1.54) is 11.3 Å². The molecule has 3 rings (SSSR count). The molecule has 1 aliphatic heterocycles. The van der Waals surface area contributed by atoms with Gasteiger partial charge >= 0.3 is 5.97 Å². The summed E-state index contributed by atoms with van der Waals surface area (Å²) in [6, 6.07) is 7.34. The van der Waals surface area contributed by atoms with E-state index in [-0.39, 0.29) is 5.97 Å². The average Bonchev–Trinajstić information content (AvgIpc) is 2.97. The van der Waals surface area contributed by atoms with Crippen molar-refractivity contribution in [1.82, 2.24) is 10.2 Å². The van der Waals surface area contributed by atoms with Crippen molar-refractivity contribution in [3.8, 4) is 0 Å². The van der Waals surface area contributed by atoms with Crippen LogP contribution in [0.3, 0.4) is 0 Å². The van der Waals surface area contributed by atoms with E-state index in [1.54, 1.807) is 17.8 Å². The summed E-state index contributed by atoms with van der Waals surface area (Å²) >= 11 is 3.10. The van der Waals surface area contributed by atoms with Crippen LogP contribution in [0, 0.1) is 0 Å². The molecule has 0 radical (unpaired) electrons. The van der Waals surface area contributed by atoms with Crippen LogP contribution >= 0.6 is 23.1 Å². The minimum atomic E-state index is -0.476. The van der Waals surface area contributed by atoms with Crippen molar-refractivity contribution in [3.05, 3.63) is 35.4 Å². The van der Waals surface area contributed by atoms with Crippen LogP contribution in [0.15, 0.2) is 28.6 Å². The van der Waals surface area contributed by atoms with Gasteiger partial charge in [-0.2, -0.15) is 0 Å². The second kappa shape index (κ2) is 5.18. The molecule has 0 bridgehead atoms. The second-order valence-corrected chi connectivity index (χ2v) is 6.31. The predicted octanol–water partition coefficient (Wildman–Crippen LogP) is 2.93. The zero-order valence-electron chi connectivity index (χ0n) is 10.1. The highest BCUT2D eigenvalue weighted by molar-refractivity contribution is 8.01. The number of nitrogens with zero attached hydrogens (tertiary/aromatic N) is 2. The lowest BCUT2D eigenvalue weighted by Gasteiger charge is -2.10. The van der Waals surface area contributed by atoms with Crippen molar-refractivity contribution in [3.63, 3.8) is 0 Å². The monoisotopic (exact) mass is 293 g/mol. The summed E-state index contributed by atoms with van der Waals surface area (Å²) < 4.78 is 6.19. The number of hydrogen-bond acceptors (Lipinski definition) is 7. The second-order valence-electron chi connectivity index (χ2n) is 3.82. The molecule has 0 amide bonds. The molecule has 0 spiro atoms. The van der Waals surface area contributed by atoms with Gasteiger partial charge in [0, 0.05) is 5.56 Å². The summed E-state index contributed by atoms with van der Waals surface area (Å²) in [6.45, 7) is 2.06. The highest BCUT2D eigenvalue weighted by atomic mass is 32.2. The first-order valence-electron chi connectivity index (χ1n) is 5.80. The minimum Gasteiger partial charge on any atom is -0.434 e. The summed E-state index contributed by atoms with van der Waals surface area (Å²) in [4.78, 5) is 11.7. The van der Waals surface area contributed by atoms with Crippen LogP contribution in [-0.2, 0) is 4.74 Å². The van der Waals surface area contributed by atoms with Gasteiger partial charge in [-0.05, 0) is 11.8 Å². The molecule has 0 aliphatic carbocycles. The van der Waals surface area contributed by atoms with Gasteiger partial charge in [0.25, 0.3) is 0 Å². The molecule has 98 valence electrons. The first-order chi connectivity index (χ1) is 9.28. The number of carbonyl (C=O) groups is 1. The summed E-state index contributed by atoms with van der Waals surface area (Å²) in [5.41, 5.74) is 1.44. The van der Waals surface area contributed by atoms with Gasteiger partial charge in [0.05, 0.1) is 5.56 Å². The lowest BCUT2D eigenvalue weighted by atomic mass is 10.1. The van der Waals surface area contributed by atoms with Crippen LogP contribution in [0.4, 0.5) is 5.13 Å². The topological polar surface area (TPSA) is 64.1 Å². The molecule has 1 aromatic carbocycles. The Labute approximate surface area is 118 Å². The van der Waals surface area contributed by atoms with Crippen molar-refractivity contribution in [2.24, 2.45) is 0 Å². The van der Waals surface area contributed by atoms with E-state index in [0.29, 0.717) is 10.7 Å². The van der Waals surface area contributed by atoms with Crippen molar-refractivity contribution < 1.29 is 9.53 Å². The Hall–Kier alpha value is -1.60. The Kier molecular flexibility index (Phi) is 3.39. The normalized spacial score (nSPS) is 17.1. The molecule has 2 aromatic rings. The maximum atomic E-state index is 11.7. The number of hydrogen-bond donors (Lipinski definition) is 1. The molecule has 7 heteroatoms. The number of benzene rings is 1. The van der Waals surface area contributed by atoms with Gasteiger partial charge in [-0.3, -0.25) is 0 Å². The van der Waals surface area contributed by atoms with E-state index in [4.69, 9.17) is 4.74 Å². The van der Waals surface area contributed by atoms with E-state index in [2.05, 4.69) is 22.4 Å². The van der Waals surface area contributed by atoms with E-state index < -0.39 is 6.23 Å². The van der Waals surface area contributed by atoms with Crippen LogP contribution in [0.5, 0.6) is 0 Å². The Morgan fingerprint density at radius 3 is 3.11 bits per heavy atom. The molecule has 5 nitrogen and oxygen atoms in total. The van der Waals surface area contributed by atoms with Crippen molar-refractivity contribution in [2.45, 2.75) is 17.5 Å². The molecule has 1 aliphatic rings. The number of thioether (sulfide) groups is 1. The third-order valence-corrected chi connectivity index (χ3v) is 4.49. The van der Waals surface area contributed by atoms with Crippen LogP contribution in [-0.4, -0.2) is 21.9 Å². The number of esters is 1. The molecule has 19 heavy (non-hydrogen) atoms. The summed E-state index contributed by atoms with van der Waals surface area (Å²) in [7, 11) is 0.